The van der Waals surface area contributed by atoms with Crippen LogP contribution in [-0.4, -0.2) is 37.5 Å². The maximum atomic E-state index is 13.2. The minimum atomic E-state index is -0.501. The Kier molecular flexibility index (Phi) is 4.28. The Morgan fingerprint density at radius 3 is 2.37 bits per heavy atom. The monoisotopic (exact) mass is 383 g/mol. The molecule has 2 aliphatic rings. The van der Waals surface area contributed by atoms with Crippen LogP contribution in [0.5, 0.6) is 5.75 Å². The van der Waals surface area contributed by atoms with Crippen molar-refractivity contribution in [1.82, 2.24) is 10.2 Å². The van der Waals surface area contributed by atoms with E-state index in [9.17, 15) is 9.59 Å². The number of nitrogens with zero attached hydrogens (tertiary/aromatic N) is 2. The van der Waals surface area contributed by atoms with Gasteiger partial charge in [0, 0.05) is 17.8 Å². The number of urea groups is 1. The number of likely N-dealkylation sites (N-methyl/N-ethyl adjacent to an activating group) is 1. The highest BCUT2D eigenvalue weighted by molar-refractivity contribution is 6.30. The van der Waals surface area contributed by atoms with Gasteiger partial charge in [-0.05, 0) is 42.0 Å². The number of anilines is 1. The first kappa shape index (κ1) is 17.4. The molecule has 6 nitrogen and oxygen atoms in total. The van der Waals surface area contributed by atoms with Crippen LogP contribution in [0.3, 0.4) is 0 Å². The quantitative estimate of drug-likeness (QED) is 0.884. The highest BCUT2D eigenvalue weighted by Gasteiger charge is 2.43. The Balaban J connectivity index is 1.73. The second-order valence-corrected chi connectivity index (χ2v) is 6.88. The van der Waals surface area contributed by atoms with E-state index in [0.29, 0.717) is 28.6 Å². The molecule has 0 aromatic heterocycles. The van der Waals surface area contributed by atoms with Gasteiger partial charge < -0.3 is 15.0 Å². The van der Waals surface area contributed by atoms with E-state index in [1.807, 2.05) is 24.3 Å². The molecule has 0 saturated heterocycles. The number of nitrogens with one attached hydrogen (secondary N) is 1. The van der Waals surface area contributed by atoms with Crippen LogP contribution in [0, 0.1) is 0 Å². The van der Waals surface area contributed by atoms with Gasteiger partial charge in [-0.3, -0.25) is 9.69 Å². The largest absolute Gasteiger partial charge is 0.497 e. The highest BCUT2D eigenvalue weighted by Crippen LogP contribution is 2.38. The average Bonchev–Trinajstić information content (AvgIpc) is 3.03. The van der Waals surface area contributed by atoms with Gasteiger partial charge >= 0.3 is 6.03 Å². The molecule has 0 radical (unpaired) electrons. The van der Waals surface area contributed by atoms with Gasteiger partial charge in [-0.25, -0.2) is 4.79 Å². The normalized spacial score (nSPS) is 19.3. The number of benzene rings is 2. The first-order valence-corrected chi connectivity index (χ1v) is 8.86. The van der Waals surface area contributed by atoms with Gasteiger partial charge in [-0.2, -0.15) is 0 Å². The zero-order chi connectivity index (χ0) is 19.1. The number of hydrogen-bond acceptors (Lipinski definition) is 3. The number of amides is 3. The third kappa shape index (κ3) is 2.92. The Morgan fingerprint density at radius 1 is 1.07 bits per heavy atom. The van der Waals surface area contributed by atoms with Crippen LogP contribution < -0.4 is 15.0 Å². The smallest absolute Gasteiger partial charge is 0.322 e. The van der Waals surface area contributed by atoms with Gasteiger partial charge in [-0.15, -0.1) is 0 Å². The van der Waals surface area contributed by atoms with Crippen molar-refractivity contribution in [1.29, 1.82) is 0 Å². The first-order valence-electron chi connectivity index (χ1n) is 8.48. The Labute approximate surface area is 162 Å². The molecule has 1 unspecified atom stereocenters. The van der Waals surface area contributed by atoms with Crippen molar-refractivity contribution >= 4 is 29.2 Å². The third-order valence-corrected chi connectivity index (χ3v) is 5.20. The number of hydrogen-bond donors (Lipinski definition) is 1. The Hall–Kier alpha value is -2.99. The molecule has 1 N–H and O–H groups in total. The summed E-state index contributed by atoms with van der Waals surface area (Å²) in [6.07, 6.45) is 0. The van der Waals surface area contributed by atoms with Crippen molar-refractivity contribution < 1.29 is 14.3 Å². The standard InChI is InChI=1S/C20H18ClN3O3/c1-23-16-11-24(14-7-5-13(21)6-8-14)19(25)17(16)18(22-20(23)26)12-3-9-15(27-2)10-4-12/h3-10,18H,11H2,1-2H3,(H,22,26). The molecule has 0 saturated carbocycles. The topological polar surface area (TPSA) is 61.9 Å². The minimum Gasteiger partial charge on any atom is -0.497 e. The predicted octanol–water partition coefficient (Wildman–Crippen LogP) is 3.35. The van der Waals surface area contributed by atoms with Crippen LogP contribution in [0.4, 0.5) is 10.5 Å². The number of carbonyl (C=O) groups is 2. The molecule has 7 heteroatoms. The lowest BCUT2D eigenvalue weighted by atomic mass is 9.95. The second kappa shape index (κ2) is 6.63. The Morgan fingerprint density at radius 2 is 1.74 bits per heavy atom. The molecule has 2 aromatic rings. The number of ether oxygens (including phenoxy) is 1. The molecule has 0 spiro atoms. The fourth-order valence-electron chi connectivity index (χ4n) is 3.44. The molecule has 1 atom stereocenters. The van der Waals surface area contributed by atoms with E-state index in [4.69, 9.17) is 16.3 Å². The fourth-order valence-corrected chi connectivity index (χ4v) is 3.57. The minimum absolute atomic E-state index is 0.125. The molecular weight excluding hydrogens is 366 g/mol. The summed E-state index contributed by atoms with van der Waals surface area (Å²) in [4.78, 5) is 28.8. The second-order valence-electron chi connectivity index (χ2n) is 6.44. The van der Waals surface area contributed by atoms with E-state index in [1.165, 1.54) is 4.90 Å². The van der Waals surface area contributed by atoms with Crippen LogP contribution in [-0.2, 0) is 4.79 Å². The van der Waals surface area contributed by atoms with Gasteiger partial charge in [0.1, 0.15) is 5.75 Å². The lowest BCUT2D eigenvalue weighted by molar-refractivity contribution is -0.114. The summed E-state index contributed by atoms with van der Waals surface area (Å²) in [5.41, 5.74) is 2.86. The van der Waals surface area contributed by atoms with Crippen molar-refractivity contribution in [3.8, 4) is 5.75 Å². The number of carbonyl (C=O) groups excluding carboxylic acids is 2. The van der Waals surface area contributed by atoms with E-state index in [1.54, 1.807) is 43.3 Å². The van der Waals surface area contributed by atoms with Crippen molar-refractivity contribution in [2.45, 2.75) is 6.04 Å². The summed E-state index contributed by atoms with van der Waals surface area (Å²) in [5, 5.41) is 3.53. The molecule has 2 aromatic carbocycles. The summed E-state index contributed by atoms with van der Waals surface area (Å²) in [5.74, 6) is 0.590. The van der Waals surface area contributed by atoms with E-state index in [2.05, 4.69) is 5.32 Å². The summed E-state index contributed by atoms with van der Waals surface area (Å²) in [6.45, 7) is 0.340. The zero-order valence-corrected chi connectivity index (χ0v) is 15.7. The molecule has 2 heterocycles. The molecule has 0 bridgehead atoms. The van der Waals surface area contributed by atoms with Crippen LogP contribution in [0.2, 0.25) is 5.02 Å². The van der Waals surface area contributed by atoms with Gasteiger partial charge in [-0.1, -0.05) is 23.7 Å². The number of halogens is 1. The summed E-state index contributed by atoms with van der Waals surface area (Å²) in [6, 6.07) is 13.7. The molecule has 138 valence electrons. The molecule has 27 heavy (non-hydrogen) atoms. The van der Waals surface area contributed by atoms with Crippen LogP contribution in [0.25, 0.3) is 0 Å². The third-order valence-electron chi connectivity index (χ3n) is 4.95. The number of rotatable bonds is 3. The average molecular weight is 384 g/mol. The lowest BCUT2D eigenvalue weighted by Crippen LogP contribution is -2.45. The molecule has 0 fully saturated rings. The lowest BCUT2D eigenvalue weighted by Gasteiger charge is -2.31. The molecule has 0 aliphatic carbocycles. The van der Waals surface area contributed by atoms with Gasteiger partial charge in [0.15, 0.2) is 0 Å². The van der Waals surface area contributed by atoms with Crippen molar-refractivity contribution in [2.75, 3.05) is 25.6 Å². The molecular formula is C20H18ClN3O3. The van der Waals surface area contributed by atoms with E-state index >= 15 is 0 Å². The summed E-state index contributed by atoms with van der Waals surface area (Å²) < 4.78 is 5.19. The van der Waals surface area contributed by atoms with Crippen molar-refractivity contribution in [3.63, 3.8) is 0 Å². The van der Waals surface area contributed by atoms with Crippen molar-refractivity contribution in [3.05, 3.63) is 70.4 Å². The molecule has 2 aliphatic heterocycles. The van der Waals surface area contributed by atoms with Crippen molar-refractivity contribution in [2.24, 2.45) is 0 Å². The predicted molar refractivity (Wildman–Crippen MR) is 103 cm³/mol. The zero-order valence-electron chi connectivity index (χ0n) is 14.9. The summed E-state index contributed by atoms with van der Waals surface area (Å²) in [7, 11) is 3.27. The maximum absolute atomic E-state index is 13.2. The van der Waals surface area contributed by atoms with Gasteiger partial charge in [0.25, 0.3) is 5.91 Å². The van der Waals surface area contributed by atoms with E-state index in [0.717, 1.165) is 11.3 Å². The number of methoxy groups -OCH3 is 1. The molecule has 4 rings (SSSR count). The fraction of sp³-hybridized carbons (Fsp3) is 0.200. The van der Waals surface area contributed by atoms with Gasteiger partial charge in [0.2, 0.25) is 0 Å². The highest BCUT2D eigenvalue weighted by atomic mass is 35.5. The molecule has 3 amide bonds. The van der Waals surface area contributed by atoms with E-state index in [-0.39, 0.29) is 11.9 Å². The van der Waals surface area contributed by atoms with Crippen LogP contribution >= 0.6 is 11.6 Å². The van der Waals surface area contributed by atoms with E-state index < -0.39 is 6.04 Å². The van der Waals surface area contributed by atoms with Crippen LogP contribution in [0.15, 0.2) is 59.8 Å². The summed E-state index contributed by atoms with van der Waals surface area (Å²) >= 11 is 5.96. The maximum Gasteiger partial charge on any atom is 0.322 e. The first-order chi connectivity index (χ1) is 13.0. The van der Waals surface area contributed by atoms with Gasteiger partial charge in [0.05, 0.1) is 31.0 Å². The SMILES string of the molecule is COc1ccc(C2NC(=O)N(C)C3=C2C(=O)N(c2ccc(Cl)cc2)C3)cc1. The Bertz CT molecular complexity index is 938. The van der Waals surface area contributed by atoms with Crippen LogP contribution in [0.1, 0.15) is 11.6 Å².